The molecule has 0 saturated heterocycles. The van der Waals surface area contributed by atoms with Crippen LogP contribution in [0.5, 0.6) is 0 Å². The lowest BCUT2D eigenvalue weighted by molar-refractivity contribution is 0.578. The molecule has 20 heavy (non-hydrogen) atoms. The molecule has 0 spiro atoms. The van der Waals surface area contributed by atoms with Gasteiger partial charge in [0.05, 0.1) is 5.75 Å². The number of nitrogens with zero attached hydrogens (tertiary/aromatic N) is 2. The van der Waals surface area contributed by atoms with Crippen molar-refractivity contribution in [3.05, 3.63) is 67.0 Å². The van der Waals surface area contributed by atoms with E-state index in [-0.39, 0.29) is 16.8 Å². The van der Waals surface area contributed by atoms with E-state index >= 15 is 0 Å². The van der Waals surface area contributed by atoms with Gasteiger partial charge in [0.2, 0.25) is 15.0 Å². The highest BCUT2D eigenvalue weighted by Gasteiger charge is 2.23. The first-order valence-electron chi connectivity index (χ1n) is 6.29. The second-order valence-corrected chi connectivity index (χ2v) is 6.37. The second kappa shape index (κ2) is 6.43. The summed E-state index contributed by atoms with van der Waals surface area (Å²) in [5, 5.41) is -0.120. The number of allylic oxidation sites excluding steroid dienone is 1. The van der Waals surface area contributed by atoms with Gasteiger partial charge >= 0.3 is 0 Å². The van der Waals surface area contributed by atoms with Crippen LogP contribution in [0.2, 0.25) is 0 Å². The molecule has 2 aromatic rings. The van der Waals surface area contributed by atoms with E-state index in [1.165, 1.54) is 12.4 Å². The molecule has 0 amide bonds. The number of sulfone groups is 1. The minimum atomic E-state index is -3.50. The Hall–Kier alpha value is -2.01. The molecule has 0 aliphatic heterocycles. The van der Waals surface area contributed by atoms with E-state index < -0.39 is 9.84 Å². The molecule has 1 aromatic carbocycles. The molecule has 0 aliphatic carbocycles. The molecule has 5 heteroatoms. The summed E-state index contributed by atoms with van der Waals surface area (Å²) in [7, 11) is -3.50. The van der Waals surface area contributed by atoms with Gasteiger partial charge in [-0.05, 0) is 18.1 Å². The Labute approximate surface area is 119 Å². The van der Waals surface area contributed by atoms with Crippen LogP contribution in [-0.2, 0) is 9.84 Å². The van der Waals surface area contributed by atoms with Gasteiger partial charge in [-0.1, -0.05) is 36.4 Å². The highest BCUT2D eigenvalue weighted by molar-refractivity contribution is 7.91. The van der Waals surface area contributed by atoms with Crippen molar-refractivity contribution in [2.24, 2.45) is 0 Å². The highest BCUT2D eigenvalue weighted by Crippen LogP contribution is 2.23. The topological polar surface area (TPSA) is 59.9 Å². The third-order valence-electron chi connectivity index (χ3n) is 2.96. The van der Waals surface area contributed by atoms with Crippen molar-refractivity contribution in [1.29, 1.82) is 0 Å². The van der Waals surface area contributed by atoms with Crippen LogP contribution in [0.25, 0.3) is 0 Å². The predicted octanol–water partition coefficient (Wildman–Crippen LogP) is 2.61. The predicted molar refractivity (Wildman–Crippen MR) is 78.1 cm³/mol. The van der Waals surface area contributed by atoms with Crippen molar-refractivity contribution in [3.8, 4) is 0 Å². The van der Waals surface area contributed by atoms with Gasteiger partial charge in [0.25, 0.3) is 0 Å². The Morgan fingerprint density at radius 3 is 2.35 bits per heavy atom. The molecule has 2 rings (SSSR count). The van der Waals surface area contributed by atoms with E-state index in [0.29, 0.717) is 6.42 Å². The summed E-state index contributed by atoms with van der Waals surface area (Å²) in [5.74, 6) is -0.157. The first-order valence-corrected chi connectivity index (χ1v) is 7.94. The number of rotatable bonds is 6. The average molecular weight is 288 g/mol. The van der Waals surface area contributed by atoms with Crippen molar-refractivity contribution in [2.75, 3.05) is 5.75 Å². The maximum atomic E-state index is 12.3. The Balaban J connectivity index is 2.27. The third kappa shape index (κ3) is 3.51. The Morgan fingerprint density at radius 2 is 1.75 bits per heavy atom. The summed E-state index contributed by atoms with van der Waals surface area (Å²) in [6.45, 7) is 3.70. The summed E-state index contributed by atoms with van der Waals surface area (Å²) in [6.07, 6.45) is 5.20. The van der Waals surface area contributed by atoms with Gasteiger partial charge in [-0.25, -0.2) is 18.4 Å². The number of hydrogen-bond donors (Lipinski definition) is 0. The zero-order chi connectivity index (χ0) is 14.4. The molecule has 0 fully saturated rings. The molecule has 1 unspecified atom stereocenters. The van der Waals surface area contributed by atoms with E-state index in [9.17, 15) is 8.42 Å². The van der Waals surface area contributed by atoms with Crippen molar-refractivity contribution in [2.45, 2.75) is 17.5 Å². The van der Waals surface area contributed by atoms with Crippen LogP contribution in [0.4, 0.5) is 0 Å². The van der Waals surface area contributed by atoms with Crippen LogP contribution in [0.15, 0.2) is 66.6 Å². The van der Waals surface area contributed by atoms with Crippen LogP contribution in [-0.4, -0.2) is 24.1 Å². The maximum Gasteiger partial charge on any atom is 0.247 e. The van der Waals surface area contributed by atoms with Crippen LogP contribution in [0.1, 0.15) is 17.9 Å². The molecule has 0 N–H and O–H groups in total. The summed E-state index contributed by atoms with van der Waals surface area (Å²) in [4.78, 5) is 7.66. The molecule has 104 valence electrons. The quantitative estimate of drug-likeness (QED) is 0.605. The first kappa shape index (κ1) is 14.4. The maximum absolute atomic E-state index is 12.3. The fourth-order valence-corrected chi connectivity index (χ4v) is 3.46. The molecule has 0 saturated carbocycles. The van der Waals surface area contributed by atoms with E-state index in [2.05, 4.69) is 16.5 Å². The first-order chi connectivity index (χ1) is 9.63. The van der Waals surface area contributed by atoms with Crippen LogP contribution < -0.4 is 0 Å². The van der Waals surface area contributed by atoms with Gasteiger partial charge in [0.1, 0.15) is 0 Å². The Morgan fingerprint density at radius 1 is 1.10 bits per heavy atom. The van der Waals surface area contributed by atoms with Crippen LogP contribution in [0, 0.1) is 0 Å². The number of aromatic nitrogens is 2. The van der Waals surface area contributed by atoms with E-state index in [4.69, 9.17) is 0 Å². The standard InChI is InChI=1S/C15H16N2O2S/c1-2-7-14(13-8-4-3-5-9-13)12-20(18,19)15-16-10-6-11-17-15/h2-6,8-11,14H,1,7,12H2. The zero-order valence-corrected chi connectivity index (χ0v) is 11.8. The number of hydrogen-bond acceptors (Lipinski definition) is 4. The molecule has 0 bridgehead atoms. The fourth-order valence-electron chi connectivity index (χ4n) is 2.01. The molecule has 0 aliphatic rings. The normalized spacial score (nSPS) is 12.8. The minimum Gasteiger partial charge on any atom is -0.227 e. The highest BCUT2D eigenvalue weighted by atomic mass is 32.2. The lowest BCUT2D eigenvalue weighted by Crippen LogP contribution is -2.17. The summed E-state index contributed by atoms with van der Waals surface area (Å²) >= 11 is 0. The molecule has 4 nitrogen and oxygen atoms in total. The Kier molecular flexibility index (Phi) is 4.63. The van der Waals surface area contributed by atoms with Gasteiger partial charge in [-0.2, -0.15) is 0 Å². The summed E-state index contributed by atoms with van der Waals surface area (Å²) < 4.78 is 24.7. The monoisotopic (exact) mass is 288 g/mol. The largest absolute Gasteiger partial charge is 0.247 e. The van der Waals surface area contributed by atoms with Gasteiger partial charge in [-0.3, -0.25) is 0 Å². The second-order valence-electron chi connectivity index (χ2n) is 4.44. The van der Waals surface area contributed by atoms with Gasteiger partial charge in [0, 0.05) is 18.3 Å². The molecule has 1 heterocycles. The van der Waals surface area contributed by atoms with Gasteiger partial charge in [0.15, 0.2) is 0 Å². The van der Waals surface area contributed by atoms with Gasteiger partial charge < -0.3 is 0 Å². The molecule has 1 aromatic heterocycles. The zero-order valence-electron chi connectivity index (χ0n) is 11.0. The smallest absolute Gasteiger partial charge is 0.227 e. The minimum absolute atomic E-state index is 0.0208. The molecular weight excluding hydrogens is 272 g/mol. The lowest BCUT2D eigenvalue weighted by atomic mass is 9.98. The van der Waals surface area contributed by atoms with Crippen LogP contribution in [0.3, 0.4) is 0 Å². The van der Waals surface area contributed by atoms with Crippen molar-refractivity contribution in [1.82, 2.24) is 9.97 Å². The average Bonchev–Trinajstić information content (AvgIpc) is 2.48. The van der Waals surface area contributed by atoms with E-state index in [1.54, 1.807) is 12.1 Å². The van der Waals surface area contributed by atoms with Crippen molar-refractivity contribution >= 4 is 9.84 Å². The third-order valence-corrected chi connectivity index (χ3v) is 4.57. The SMILES string of the molecule is C=CCC(CS(=O)(=O)c1ncccn1)c1ccccc1. The summed E-state index contributed by atoms with van der Waals surface area (Å²) in [6, 6.07) is 11.2. The van der Waals surface area contributed by atoms with Crippen molar-refractivity contribution in [3.63, 3.8) is 0 Å². The van der Waals surface area contributed by atoms with Gasteiger partial charge in [-0.15, -0.1) is 6.58 Å². The fraction of sp³-hybridized carbons (Fsp3) is 0.200. The number of benzene rings is 1. The van der Waals surface area contributed by atoms with Crippen LogP contribution >= 0.6 is 0 Å². The molecule has 1 atom stereocenters. The summed E-state index contributed by atoms with van der Waals surface area (Å²) in [5.41, 5.74) is 0.979. The molecular formula is C15H16N2O2S. The van der Waals surface area contributed by atoms with E-state index in [0.717, 1.165) is 5.56 Å². The molecule has 0 radical (unpaired) electrons. The van der Waals surface area contributed by atoms with Crippen molar-refractivity contribution < 1.29 is 8.42 Å². The van der Waals surface area contributed by atoms with E-state index in [1.807, 2.05) is 30.3 Å². The Bertz CT molecular complexity index is 655. The lowest BCUT2D eigenvalue weighted by Gasteiger charge is -2.15.